The molecule has 0 radical (unpaired) electrons. The zero-order valence-corrected chi connectivity index (χ0v) is 11.6. The fraction of sp³-hybridized carbons (Fsp3) is 0.333. The fourth-order valence-corrected chi connectivity index (χ4v) is 1.57. The van der Waals surface area contributed by atoms with Gasteiger partial charge in [-0.15, -0.1) is 0 Å². The Labute approximate surface area is 117 Å². The van der Waals surface area contributed by atoms with E-state index in [1.54, 1.807) is 6.92 Å². The molecule has 2 N–H and O–H groups in total. The van der Waals surface area contributed by atoms with Gasteiger partial charge in [0.25, 0.3) is 0 Å². The molecule has 106 valence electrons. The van der Waals surface area contributed by atoms with Crippen molar-refractivity contribution in [2.24, 2.45) is 0 Å². The Morgan fingerprint density at radius 3 is 2.95 bits per heavy atom. The van der Waals surface area contributed by atoms with Crippen LogP contribution in [0.3, 0.4) is 0 Å². The van der Waals surface area contributed by atoms with Gasteiger partial charge in [-0.25, -0.2) is 4.98 Å². The van der Waals surface area contributed by atoms with Crippen LogP contribution in [0.25, 0.3) is 17.2 Å². The molecule has 0 aliphatic rings. The van der Waals surface area contributed by atoms with E-state index >= 15 is 0 Å². The molecular formula is C15H18N2O3. The molecule has 5 nitrogen and oxygen atoms in total. The van der Waals surface area contributed by atoms with Crippen LogP contribution in [0.4, 0.5) is 0 Å². The number of carbonyl (C=O) groups is 1. The van der Waals surface area contributed by atoms with Crippen molar-refractivity contribution in [1.29, 1.82) is 0 Å². The Morgan fingerprint density at radius 2 is 2.25 bits per heavy atom. The summed E-state index contributed by atoms with van der Waals surface area (Å²) in [5.41, 5.74) is 0.546. The number of para-hydroxylation sites is 2. The summed E-state index contributed by atoms with van der Waals surface area (Å²) in [4.78, 5) is 15.8. The fourth-order valence-electron chi connectivity index (χ4n) is 1.57. The molecule has 1 unspecified atom stereocenters. The number of rotatable bonds is 5. The van der Waals surface area contributed by atoms with Crippen LogP contribution < -0.4 is 5.32 Å². The van der Waals surface area contributed by atoms with Crippen molar-refractivity contribution >= 4 is 23.1 Å². The monoisotopic (exact) mass is 274 g/mol. The summed E-state index contributed by atoms with van der Waals surface area (Å²) < 4.78 is 5.46. The highest BCUT2D eigenvalue weighted by Gasteiger charge is 2.17. The van der Waals surface area contributed by atoms with Gasteiger partial charge in [0.15, 0.2) is 5.58 Å². The van der Waals surface area contributed by atoms with Crippen LogP contribution in [-0.2, 0) is 4.79 Å². The van der Waals surface area contributed by atoms with E-state index in [0.29, 0.717) is 17.9 Å². The van der Waals surface area contributed by atoms with Crippen LogP contribution in [0, 0.1) is 0 Å². The molecule has 1 atom stereocenters. The molecule has 0 saturated heterocycles. The van der Waals surface area contributed by atoms with E-state index in [-0.39, 0.29) is 12.5 Å². The second-order valence-corrected chi connectivity index (χ2v) is 4.92. The smallest absolute Gasteiger partial charge is 0.244 e. The predicted octanol–water partition coefficient (Wildman–Crippen LogP) is 2.12. The Balaban J connectivity index is 1.96. The molecule has 1 heterocycles. The molecule has 2 rings (SSSR count). The standard InChI is InChI=1S/C15H18N2O3/c1-3-15(2,19)10-16-13(18)8-9-14-17-11-6-4-5-7-12(11)20-14/h4-9,19H,3,10H2,1-2H3,(H,16,18). The molecule has 0 aliphatic heterocycles. The highest BCUT2D eigenvalue weighted by molar-refractivity contribution is 5.91. The Kier molecular flexibility index (Phi) is 4.20. The van der Waals surface area contributed by atoms with Gasteiger partial charge in [0.2, 0.25) is 11.8 Å². The summed E-state index contributed by atoms with van der Waals surface area (Å²) in [6.45, 7) is 3.75. The number of oxazole rings is 1. The van der Waals surface area contributed by atoms with Gasteiger partial charge in [-0.1, -0.05) is 19.1 Å². The van der Waals surface area contributed by atoms with Crippen LogP contribution in [0.5, 0.6) is 0 Å². The summed E-state index contributed by atoms with van der Waals surface area (Å²) in [6.07, 6.45) is 3.43. The predicted molar refractivity (Wildman–Crippen MR) is 77.0 cm³/mol. The third-order valence-corrected chi connectivity index (χ3v) is 3.09. The molecule has 20 heavy (non-hydrogen) atoms. The number of fused-ring (bicyclic) bond motifs is 1. The third kappa shape index (κ3) is 3.68. The van der Waals surface area contributed by atoms with E-state index in [1.165, 1.54) is 12.2 Å². The molecule has 5 heteroatoms. The van der Waals surface area contributed by atoms with Crippen LogP contribution in [0.1, 0.15) is 26.2 Å². The zero-order chi connectivity index (χ0) is 14.6. The van der Waals surface area contributed by atoms with Crippen molar-refractivity contribution < 1.29 is 14.3 Å². The second kappa shape index (κ2) is 5.88. The van der Waals surface area contributed by atoms with Crippen molar-refractivity contribution in [1.82, 2.24) is 10.3 Å². The molecule has 1 amide bonds. The number of nitrogens with zero attached hydrogens (tertiary/aromatic N) is 1. The van der Waals surface area contributed by atoms with Gasteiger partial charge in [-0.05, 0) is 25.5 Å². The molecular weight excluding hydrogens is 256 g/mol. The number of nitrogens with one attached hydrogen (secondary N) is 1. The van der Waals surface area contributed by atoms with Gasteiger partial charge in [0.05, 0.1) is 5.60 Å². The van der Waals surface area contributed by atoms with E-state index in [0.717, 1.165) is 5.52 Å². The number of benzene rings is 1. The first-order valence-corrected chi connectivity index (χ1v) is 6.54. The molecule has 0 fully saturated rings. The molecule has 1 aromatic heterocycles. The number of aliphatic hydroxyl groups is 1. The van der Waals surface area contributed by atoms with E-state index in [4.69, 9.17) is 4.42 Å². The average Bonchev–Trinajstić information content (AvgIpc) is 2.86. The number of aromatic nitrogens is 1. The summed E-state index contributed by atoms with van der Waals surface area (Å²) in [5.74, 6) is 0.0876. The molecule has 0 spiro atoms. The molecule has 0 aliphatic carbocycles. The van der Waals surface area contributed by atoms with Crippen molar-refractivity contribution in [2.75, 3.05) is 6.54 Å². The summed E-state index contributed by atoms with van der Waals surface area (Å²) in [6, 6.07) is 7.39. The SMILES string of the molecule is CCC(C)(O)CNC(=O)C=Cc1nc2ccccc2o1. The highest BCUT2D eigenvalue weighted by Crippen LogP contribution is 2.15. The molecule has 1 aromatic carbocycles. The van der Waals surface area contributed by atoms with Gasteiger partial charge in [-0.2, -0.15) is 0 Å². The van der Waals surface area contributed by atoms with Crippen LogP contribution >= 0.6 is 0 Å². The van der Waals surface area contributed by atoms with Gasteiger partial charge in [0.1, 0.15) is 5.52 Å². The van der Waals surface area contributed by atoms with Crippen molar-refractivity contribution in [3.05, 3.63) is 36.2 Å². The minimum atomic E-state index is -0.888. The van der Waals surface area contributed by atoms with Gasteiger partial charge >= 0.3 is 0 Å². The van der Waals surface area contributed by atoms with Gasteiger partial charge < -0.3 is 14.8 Å². The van der Waals surface area contributed by atoms with Gasteiger partial charge in [0, 0.05) is 18.7 Å². The minimum absolute atomic E-state index is 0.209. The van der Waals surface area contributed by atoms with Crippen LogP contribution in [0.15, 0.2) is 34.8 Å². The Morgan fingerprint density at radius 1 is 1.50 bits per heavy atom. The van der Waals surface area contributed by atoms with Crippen molar-refractivity contribution in [3.8, 4) is 0 Å². The van der Waals surface area contributed by atoms with Gasteiger partial charge in [-0.3, -0.25) is 4.79 Å². The second-order valence-electron chi connectivity index (χ2n) is 4.92. The maximum absolute atomic E-state index is 11.6. The van der Waals surface area contributed by atoms with Crippen LogP contribution in [-0.4, -0.2) is 28.1 Å². The lowest BCUT2D eigenvalue weighted by Gasteiger charge is -2.20. The first-order valence-electron chi connectivity index (χ1n) is 6.54. The van der Waals surface area contributed by atoms with E-state index in [2.05, 4.69) is 10.3 Å². The number of amides is 1. The Hall–Kier alpha value is -2.14. The average molecular weight is 274 g/mol. The maximum atomic E-state index is 11.6. The minimum Gasteiger partial charge on any atom is -0.437 e. The van der Waals surface area contributed by atoms with E-state index < -0.39 is 5.60 Å². The van der Waals surface area contributed by atoms with E-state index in [9.17, 15) is 9.90 Å². The quantitative estimate of drug-likeness (QED) is 0.819. The molecule has 0 bridgehead atoms. The number of hydrogen-bond acceptors (Lipinski definition) is 4. The largest absolute Gasteiger partial charge is 0.437 e. The third-order valence-electron chi connectivity index (χ3n) is 3.09. The lowest BCUT2D eigenvalue weighted by atomic mass is 10.0. The lowest BCUT2D eigenvalue weighted by Crippen LogP contribution is -2.39. The summed E-state index contributed by atoms with van der Waals surface area (Å²) in [7, 11) is 0. The van der Waals surface area contributed by atoms with Crippen molar-refractivity contribution in [3.63, 3.8) is 0 Å². The maximum Gasteiger partial charge on any atom is 0.244 e. The summed E-state index contributed by atoms with van der Waals surface area (Å²) >= 11 is 0. The Bertz CT molecular complexity index is 596. The molecule has 2 aromatic rings. The highest BCUT2D eigenvalue weighted by atomic mass is 16.3. The molecule has 0 saturated carbocycles. The van der Waals surface area contributed by atoms with Crippen LogP contribution in [0.2, 0.25) is 0 Å². The first kappa shape index (κ1) is 14.3. The lowest BCUT2D eigenvalue weighted by molar-refractivity contribution is -0.117. The summed E-state index contributed by atoms with van der Waals surface area (Å²) in [5, 5.41) is 12.4. The zero-order valence-electron chi connectivity index (χ0n) is 11.6. The number of hydrogen-bond donors (Lipinski definition) is 2. The van der Waals surface area contributed by atoms with E-state index in [1.807, 2.05) is 31.2 Å². The number of carbonyl (C=O) groups excluding carboxylic acids is 1. The normalized spacial score (nSPS) is 14.6. The first-order chi connectivity index (χ1) is 9.50. The topological polar surface area (TPSA) is 75.4 Å². The van der Waals surface area contributed by atoms with Crippen molar-refractivity contribution in [2.45, 2.75) is 25.9 Å².